The maximum atomic E-state index is 6.29. The van der Waals surface area contributed by atoms with E-state index in [9.17, 15) is 0 Å². The molecule has 1 aromatic carbocycles. The SMILES string of the molecule is CCCNC(Cc1ccc(Cl)cc1Cl)c1c(Br)nnn1C. The molecular weight excluding hydrogens is 375 g/mol. The number of aryl methyl sites for hydroxylation is 1. The molecule has 1 heterocycles. The summed E-state index contributed by atoms with van der Waals surface area (Å²) < 4.78 is 2.53. The third-order valence-corrected chi connectivity index (χ3v) is 4.39. The average Bonchev–Trinajstić information content (AvgIpc) is 2.77. The van der Waals surface area contributed by atoms with Crippen molar-refractivity contribution in [3.63, 3.8) is 0 Å². The topological polar surface area (TPSA) is 42.7 Å². The van der Waals surface area contributed by atoms with Gasteiger partial charge in [0.2, 0.25) is 0 Å². The van der Waals surface area contributed by atoms with Crippen molar-refractivity contribution in [1.29, 1.82) is 0 Å². The summed E-state index contributed by atoms with van der Waals surface area (Å²) in [6.07, 6.45) is 1.80. The summed E-state index contributed by atoms with van der Waals surface area (Å²) in [4.78, 5) is 0. The molecule has 0 radical (unpaired) electrons. The van der Waals surface area contributed by atoms with E-state index in [1.54, 1.807) is 10.7 Å². The Bertz CT molecular complexity index is 596. The quantitative estimate of drug-likeness (QED) is 0.803. The van der Waals surface area contributed by atoms with Gasteiger partial charge in [0.1, 0.15) is 0 Å². The Kier molecular flexibility index (Phi) is 6.05. The van der Waals surface area contributed by atoms with Gasteiger partial charge in [-0.3, -0.25) is 0 Å². The van der Waals surface area contributed by atoms with Gasteiger partial charge in [0.25, 0.3) is 0 Å². The molecular formula is C14H17BrCl2N4. The highest BCUT2D eigenvalue weighted by molar-refractivity contribution is 9.10. The first-order valence-corrected chi connectivity index (χ1v) is 8.30. The van der Waals surface area contributed by atoms with Crippen molar-refractivity contribution in [2.75, 3.05) is 6.54 Å². The predicted molar refractivity (Wildman–Crippen MR) is 89.9 cm³/mol. The lowest BCUT2D eigenvalue weighted by atomic mass is 10.0. The highest BCUT2D eigenvalue weighted by atomic mass is 79.9. The zero-order valence-electron chi connectivity index (χ0n) is 11.9. The van der Waals surface area contributed by atoms with Gasteiger partial charge < -0.3 is 5.32 Å². The molecule has 0 saturated carbocycles. The first-order chi connectivity index (χ1) is 10.0. The number of hydrogen-bond donors (Lipinski definition) is 1. The van der Waals surface area contributed by atoms with Gasteiger partial charge in [0.05, 0.1) is 11.7 Å². The molecule has 1 aromatic heterocycles. The molecule has 114 valence electrons. The van der Waals surface area contributed by atoms with E-state index < -0.39 is 0 Å². The van der Waals surface area contributed by atoms with E-state index >= 15 is 0 Å². The maximum Gasteiger partial charge on any atom is 0.153 e. The summed E-state index contributed by atoms with van der Waals surface area (Å²) in [5.74, 6) is 0. The van der Waals surface area contributed by atoms with E-state index in [0.717, 1.165) is 35.2 Å². The Morgan fingerprint density at radius 2 is 2.14 bits per heavy atom. The fourth-order valence-corrected chi connectivity index (χ4v) is 3.29. The summed E-state index contributed by atoms with van der Waals surface area (Å²) in [5, 5.41) is 13.0. The predicted octanol–water partition coefficient (Wildman–Crippen LogP) is 4.17. The van der Waals surface area contributed by atoms with Crippen LogP contribution < -0.4 is 5.32 Å². The number of hydrogen-bond acceptors (Lipinski definition) is 3. The van der Waals surface area contributed by atoms with Gasteiger partial charge in [-0.05, 0) is 53.0 Å². The van der Waals surface area contributed by atoms with Crippen LogP contribution in [-0.4, -0.2) is 21.5 Å². The van der Waals surface area contributed by atoms with Crippen LogP contribution in [0.25, 0.3) is 0 Å². The molecule has 7 heteroatoms. The molecule has 0 spiro atoms. The van der Waals surface area contributed by atoms with E-state index in [-0.39, 0.29) is 6.04 Å². The minimum Gasteiger partial charge on any atom is -0.308 e. The van der Waals surface area contributed by atoms with Gasteiger partial charge in [-0.1, -0.05) is 41.4 Å². The Morgan fingerprint density at radius 1 is 1.38 bits per heavy atom. The monoisotopic (exact) mass is 390 g/mol. The van der Waals surface area contributed by atoms with Crippen LogP contribution in [-0.2, 0) is 13.5 Å². The summed E-state index contributed by atoms with van der Waals surface area (Å²) in [5.41, 5.74) is 2.05. The third-order valence-electron chi connectivity index (χ3n) is 3.24. The number of rotatable bonds is 6. The molecule has 0 saturated heterocycles. The molecule has 0 amide bonds. The van der Waals surface area contributed by atoms with Crippen molar-refractivity contribution in [1.82, 2.24) is 20.3 Å². The smallest absolute Gasteiger partial charge is 0.153 e. The first-order valence-electron chi connectivity index (χ1n) is 6.75. The van der Waals surface area contributed by atoms with Crippen molar-refractivity contribution in [3.8, 4) is 0 Å². The van der Waals surface area contributed by atoms with Crippen LogP contribution in [0.4, 0.5) is 0 Å². The van der Waals surface area contributed by atoms with Gasteiger partial charge in [0.15, 0.2) is 4.60 Å². The van der Waals surface area contributed by atoms with Gasteiger partial charge >= 0.3 is 0 Å². The molecule has 2 aromatic rings. The summed E-state index contributed by atoms with van der Waals surface area (Å²) in [6, 6.07) is 5.67. The lowest BCUT2D eigenvalue weighted by Crippen LogP contribution is -2.26. The highest BCUT2D eigenvalue weighted by Gasteiger charge is 2.21. The molecule has 1 atom stereocenters. The molecule has 0 bridgehead atoms. The van der Waals surface area contributed by atoms with E-state index in [0.29, 0.717) is 10.0 Å². The first kappa shape index (κ1) is 16.7. The molecule has 0 aliphatic heterocycles. The van der Waals surface area contributed by atoms with Crippen molar-refractivity contribution < 1.29 is 0 Å². The van der Waals surface area contributed by atoms with E-state index in [1.807, 2.05) is 19.2 Å². The van der Waals surface area contributed by atoms with Crippen LogP contribution in [0.15, 0.2) is 22.8 Å². The van der Waals surface area contributed by atoms with Crippen LogP contribution in [0.5, 0.6) is 0 Å². The zero-order chi connectivity index (χ0) is 15.4. The molecule has 0 aliphatic carbocycles. The van der Waals surface area contributed by atoms with Crippen LogP contribution in [0.1, 0.15) is 30.6 Å². The third kappa shape index (κ3) is 4.19. The van der Waals surface area contributed by atoms with Crippen LogP contribution in [0.2, 0.25) is 10.0 Å². The second-order valence-electron chi connectivity index (χ2n) is 4.84. The van der Waals surface area contributed by atoms with Crippen molar-refractivity contribution in [2.24, 2.45) is 7.05 Å². The molecule has 1 unspecified atom stereocenters. The van der Waals surface area contributed by atoms with Crippen molar-refractivity contribution in [2.45, 2.75) is 25.8 Å². The minimum absolute atomic E-state index is 0.0815. The maximum absolute atomic E-state index is 6.29. The average molecular weight is 392 g/mol. The van der Waals surface area contributed by atoms with E-state index in [2.05, 4.69) is 38.5 Å². The van der Waals surface area contributed by atoms with Crippen LogP contribution in [0.3, 0.4) is 0 Å². The molecule has 2 rings (SSSR count). The fraction of sp³-hybridized carbons (Fsp3) is 0.429. The lowest BCUT2D eigenvalue weighted by Gasteiger charge is -2.19. The van der Waals surface area contributed by atoms with Crippen molar-refractivity contribution >= 4 is 39.1 Å². The zero-order valence-corrected chi connectivity index (χ0v) is 15.0. The number of nitrogens with one attached hydrogen (secondary N) is 1. The normalized spacial score (nSPS) is 12.6. The van der Waals surface area contributed by atoms with Gasteiger partial charge in [-0.2, -0.15) is 0 Å². The summed E-state index contributed by atoms with van der Waals surface area (Å²) in [6.45, 7) is 3.05. The second-order valence-corrected chi connectivity index (χ2v) is 6.43. The molecule has 21 heavy (non-hydrogen) atoms. The Balaban J connectivity index is 2.28. The molecule has 1 N–H and O–H groups in total. The van der Waals surface area contributed by atoms with E-state index in [1.165, 1.54) is 0 Å². The molecule has 0 aliphatic rings. The van der Waals surface area contributed by atoms with Crippen LogP contribution in [0, 0.1) is 0 Å². The standard InChI is InChI=1S/C14H17BrCl2N4/c1-3-6-18-12(13-14(15)19-20-21(13)2)7-9-4-5-10(16)8-11(9)17/h4-5,8,12,18H,3,6-7H2,1-2H3. The second kappa shape index (κ2) is 7.58. The fourth-order valence-electron chi connectivity index (χ4n) is 2.20. The van der Waals surface area contributed by atoms with Gasteiger partial charge in [0, 0.05) is 17.1 Å². The highest BCUT2D eigenvalue weighted by Crippen LogP contribution is 2.28. The Morgan fingerprint density at radius 3 is 2.71 bits per heavy atom. The number of aromatic nitrogens is 3. The Labute approximate surface area is 142 Å². The minimum atomic E-state index is 0.0815. The van der Waals surface area contributed by atoms with Gasteiger partial charge in [-0.25, -0.2) is 4.68 Å². The number of nitrogens with zero attached hydrogens (tertiary/aromatic N) is 3. The molecule has 4 nitrogen and oxygen atoms in total. The number of benzene rings is 1. The lowest BCUT2D eigenvalue weighted by molar-refractivity contribution is 0.491. The summed E-state index contributed by atoms with van der Waals surface area (Å²) >= 11 is 15.7. The summed E-state index contributed by atoms with van der Waals surface area (Å²) in [7, 11) is 1.89. The number of halogens is 3. The van der Waals surface area contributed by atoms with Gasteiger partial charge in [-0.15, -0.1) is 5.10 Å². The van der Waals surface area contributed by atoms with Crippen molar-refractivity contribution in [3.05, 3.63) is 44.1 Å². The van der Waals surface area contributed by atoms with E-state index in [4.69, 9.17) is 23.2 Å². The largest absolute Gasteiger partial charge is 0.308 e. The molecule has 0 fully saturated rings. The van der Waals surface area contributed by atoms with Crippen LogP contribution >= 0.6 is 39.1 Å². The Hall–Kier alpha value is -0.620.